The van der Waals surface area contributed by atoms with Gasteiger partial charge in [-0.05, 0) is 12.1 Å². The van der Waals surface area contributed by atoms with Crippen molar-refractivity contribution < 1.29 is 19.1 Å². The second-order valence-electron chi connectivity index (χ2n) is 3.06. The van der Waals surface area contributed by atoms with Crippen molar-refractivity contribution in [3.8, 4) is 0 Å². The third-order valence-electron chi connectivity index (χ3n) is 2.14. The van der Waals surface area contributed by atoms with Crippen LogP contribution in [0.1, 0.15) is 21.0 Å². The van der Waals surface area contributed by atoms with Crippen LogP contribution < -0.4 is 5.32 Å². The minimum Gasteiger partial charge on any atom is -0.477 e. The fourth-order valence-electron chi connectivity index (χ4n) is 1.44. The molecule has 0 saturated heterocycles. The number of carbonyl (C=O) groups excluding carboxylic acids is 1. The Hall–Kier alpha value is -2.37. The minimum atomic E-state index is -1.13. The first kappa shape index (κ1) is 10.2. The summed E-state index contributed by atoms with van der Waals surface area (Å²) in [5.74, 6) is -1.02. The molecule has 0 aromatic carbocycles. The number of hydrogen-bond acceptors (Lipinski definition) is 5. The Kier molecular flexibility index (Phi) is 2.32. The lowest BCUT2D eigenvalue weighted by atomic mass is 10.3. The second kappa shape index (κ2) is 3.65. The number of hydrogen-bond donors (Lipinski definition) is 2. The van der Waals surface area contributed by atoms with Crippen LogP contribution in [0, 0.1) is 0 Å². The molecule has 2 aromatic rings. The summed E-state index contributed by atoms with van der Waals surface area (Å²) in [5, 5.41) is 11.5. The van der Waals surface area contributed by atoms with Gasteiger partial charge in [-0.1, -0.05) is 0 Å². The van der Waals surface area contributed by atoms with Crippen LogP contribution in [0.25, 0.3) is 11.1 Å². The Morgan fingerprint density at radius 1 is 1.56 bits per heavy atom. The number of aldehydes is 1. The maximum Gasteiger partial charge on any atom is 0.354 e. The highest BCUT2D eigenvalue weighted by Gasteiger charge is 2.15. The largest absolute Gasteiger partial charge is 0.477 e. The first-order valence-electron chi connectivity index (χ1n) is 4.47. The quantitative estimate of drug-likeness (QED) is 0.759. The van der Waals surface area contributed by atoms with E-state index in [1.807, 2.05) is 0 Å². The monoisotopic (exact) mass is 220 g/mol. The predicted octanol–water partition coefficient (Wildman–Crippen LogP) is 1.38. The molecular formula is C10H8N2O4. The number of nitrogens with one attached hydrogen (secondary N) is 1. The Balaban J connectivity index is 2.75. The molecule has 2 heterocycles. The van der Waals surface area contributed by atoms with Crippen molar-refractivity contribution in [2.24, 2.45) is 0 Å². The molecule has 0 bridgehead atoms. The molecule has 0 amide bonds. The summed E-state index contributed by atoms with van der Waals surface area (Å²) in [5.41, 5.74) is 1.01. The summed E-state index contributed by atoms with van der Waals surface area (Å²) in [6.07, 6.45) is 0.550. The molecule has 0 aliphatic heterocycles. The summed E-state index contributed by atoms with van der Waals surface area (Å²) in [6, 6.07) is 2.79. The third-order valence-corrected chi connectivity index (χ3v) is 2.14. The van der Waals surface area contributed by atoms with Gasteiger partial charge in [-0.25, -0.2) is 9.78 Å². The molecule has 0 fully saturated rings. The zero-order valence-electron chi connectivity index (χ0n) is 8.35. The van der Waals surface area contributed by atoms with Crippen LogP contribution >= 0.6 is 0 Å². The van der Waals surface area contributed by atoms with E-state index in [0.717, 1.165) is 0 Å². The molecule has 0 atom stereocenters. The number of carboxylic acids is 1. The molecule has 0 radical (unpaired) electrons. The Bertz CT molecular complexity index is 573. The van der Waals surface area contributed by atoms with E-state index >= 15 is 0 Å². The van der Waals surface area contributed by atoms with Gasteiger partial charge in [0.2, 0.25) is 0 Å². The first-order valence-corrected chi connectivity index (χ1v) is 4.47. The minimum absolute atomic E-state index is 0.0951. The van der Waals surface area contributed by atoms with Gasteiger partial charge in [-0.15, -0.1) is 0 Å². The average molecular weight is 220 g/mol. The van der Waals surface area contributed by atoms with Gasteiger partial charge >= 0.3 is 5.97 Å². The summed E-state index contributed by atoms with van der Waals surface area (Å²) < 4.78 is 5.19. The topological polar surface area (TPSA) is 92.4 Å². The summed E-state index contributed by atoms with van der Waals surface area (Å²) in [6.45, 7) is 0. The van der Waals surface area contributed by atoms with Gasteiger partial charge < -0.3 is 14.8 Å². The summed E-state index contributed by atoms with van der Waals surface area (Å²) >= 11 is 0. The van der Waals surface area contributed by atoms with Crippen LogP contribution in [-0.2, 0) is 0 Å². The molecule has 6 heteroatoms. The van der Waals surface area contributed by atoms with Gasteiger partial charge in [0.05, 0.1) is 0 Å². The van der Waals surface area contributed by atoms with Crippen LogP contribution in [0.4, 0.5) is 5.69 Å². The number of nitrogens with zero attached hydrogens (tertiary/aromatic N) is 1. The lowest BCUT2D eigenvalue weighted by molar-refractivity contribution is 0.0691. The smallest absolute Gasteiger partial charge is 0.354 e. The van der Waals surface area contributed by atoms with Crippen LogP contribution in [0.2, 0.25) is 0 Å². The molecule has 2 aromatic heterocycles. The molecule has 0 aliphatic rings. The third kappa shape index (κ3) is 1.40. The number of furan rings is 1. The molecule has 6 nitrogen and oxygen atoms in total. The Labute approximate surface area is 89.9 Å². The van der Waals surface area contributed by atoms with Crippen LogP contribution in [0.3, 0.4) is 0 Å². The summed E-state index contributed by atoms with van der Waals surface area (Å²) in [7, 11) is 1.60. The van der Waals surface area contributed by atoms with Crippen molar-refractivity contribution >= 4 is 29.0 Å². The number of pyridine rings is 1. The highest BCUT2D eigenvalue weighted by Crippen LogP contribution is 2.27. The van der Waals surface area contributed by atoms with Gasteiger partial charge in [0.15, 0.2) is 17.6 Å². The molecule has 0 unspecified atom stereocenters. The zero-order chi connectivity index (χ0) is 11.7. The Morgan fingerprint density at radius 3 is 2.88 bits per heavy atom. The van der Waals surface area contributed by atoms with Gasteiger partial charge in [0.1, 0.15) is 16.9 Å². The van der Waals surface area contributed by atoms with E-state index in [4.69, 9.17) is 9.52 Å². The lowest BCUT2D eigenvalue weighted by Gasteiger charge is -1.96. The predicted molar refractivity (Wildman–Crippen MR) is 55.9 cm³/mol. The molecular weight excluding hydrogens is 212 g/mol. The fourth-order valence-corrected chi connectivity index (χ4v) is 1.44. The number of aromatic carboxylic acids is 1. The fraction of sp³-hybridized carbons (Fsp3) is 0.100. The van der Waals surface area contributed by atoms with E-state index in [2.05, 4.69) is 10.3 Å². The van der Waals surface area contributed by atoms with E-state index < -0.39 is 5.97 Å². The van der Waals surface area contributed by atoms with Gasteiger partial charge in [-0.3, -0.25) is 4.79 Å². The number of carbonyl (C=O) groups is 2. The number of fused-ring (bicyclic) bond motifs is 1. The molecule has 16 heavy (non-hydrogen) atoms. The second-order valence-corrected chi connectivity index (χ2v) is 3.06. The van der Waals surface area contributed by atoms with Crippen molar-refractivity contribution in [3.63, 3.8) is 0 Å². The molecule has 0 spiro atoms. The number of anilines is 1. The van der Waals surface area contributed by atoms with Crippen molar-refractivity contribution in [3.05, 3.63) is 23.6 Å². The summed E-state index contributed by atoms with van der Waals surface area (Å²) in [4.78, 5) is 25.3. The standard InChI is InChI=1S/C10H8N2O4/c1-11-8-7(4-13)16-6-3-2-5(10(14)15)12-9(6)8/h2-4,11H,1H3,(H,14,15). The van der Waals surface area contributed by atoms with E-state index in [-0.39, 0.29) is 11.5 Å². The molecule has 0 aliphatic carbocycles. The van der Waals surface area contributed by atoms with Crippen LogP contribution in [0.5, 0.6) is 0 Å². The lowest BCUT2D eigenvalue weighted by Crippen LogP contribution is -2.00. The number of aromatic nitrogens is 1. The van der Waals surface area contributed by atoms with Crippen LogP contribution in [-0.4, -0.2) is 29.4 Å². The highest BCUT2D eigenvalue weighted by molar-refractivity contribution is 5.99. The van der Waals surface area contributed by atoms with E-state index in [0.29, 0.717) is 23.1 Å². The SMILES string of the molecule is CNc1c(C=O)oc2ccc(C(=O)O)nc12. The van der Waals surface area contributed by atoms with Crippen LogP contribution in [0.15, 0.2) is 16.5 Å². The van der Waals surface area contributed by atoms with Gasteiger partial charge in [0.25, 0.3) is 0 Å². The van der Waals surface area contributed by atoms with Gasteiger partial charge in [-0.2, -0.15) is 0 Å². The van der Waals surface area contributed by atoms with Crippen molar-refractivity contribution in [2.45, 2.75) is 0 Å². The van der Waals surface area contributed by atoms with E-state index in [1.54, 1.807) is 7.05 Å². The van der Waals surface area contributed by atoms with Gasteiger partial charge in [0, 0.05) is 7.05 Å². The van der Waals surface area contributed by atoms with Crippen molar-refractivity contribution in [2.75, 3.05) is 12.4 Å². The molecule has 82 valence electrons. The molecule has 2 N–H and O–H groups in total. The first-order chi connectivity index (χ1) is 7.67. The van der Waals surface area contributed by atoms with E-state index in [9.17, 15) is 9.59 Å². The molecule has 0 saturated carbocycles. The Morgan fingerprint density at radius 2 is 2.31 bits per heavy atom. The number of carboxylic acid groups (broad SMARTS) is 1. The van der Waals surface area contributed by atoms with E-state index in [1.165, 1.54) is 12.1 Å². The normalized spacial score (nSPS) is 10.3. The van der Waals surface area contributed by atoms with Crippen molar-refractivity contribution in [1.29, 1.82) is 0 Å². The average Bonchev–Trinajstić information content (AvgIpc) is 2.65. The van der Waals surface area contributed by atoms with Crippen molar-refractivity contribution in [1.82, 2.24) is 4.98 Å². The molecule has 2 rings (SSSR count). The maximum atomic E-state index is 10.7. The number of rotatable bonds is 3. The highest BCUT2D eigenvalue weighted by atomic mass is 16.4. The maximum absolute atomic E-state index is 10.7. The zero-order valence-corrected chi connectivity index (χ0v) is 8.35.